The Morgan fingerprint density at radius 2 is 1.95 bits per heavy atom. The van der Waals surface area contributed by atoms with Crippen LogP contribution in [0.25, 0.3) is 0 Å². The highest BCUT2D eigenvalue weighted by Crippen LogP contribution is 2.68. The monoisotopic (exact) mass is 591 g/mol. The van der Waals surface area contributed by atoms with E-state index in [2.05, 4.69) is 38.0 Å². The highest BCUT2D eigenvalue weighted by molar-refractivity contribution is 6.07. The van der Waals surface area contributed by atoms with Gasteiger partial charge in [0, 0.05) is 34.4 Å². The molecule has 0 spiro atoms. The number of carbonyl (C=O) groups is 4. The average Bonchev–Trinajstić information content (AvgIpc) is 3.73. The lowest BCUT2D eigenvalue weighted by atomic mass is 9.44. The summed E-state index contributed by atoms with van der Waals surface area (Å²) < 4.78 is 6.35. The number of carbonyl (C=O) groups excluding carboxylic acids is 4. The van der Waals surface area contributed by atoms with Gasteiger partial charge in [-0.25, -0.2) is 9.69 Å². The number of ether oxygens (including phenoxy) is 1. The first-order chi connectivity index (χ1) is 20.4. The quantitative estimate of drug-likeness (QED) is 0.428. The molecule has 3 N–H and O–H groups in total. The normalized spacial score (nSPS) is 40.3. The Bertz CT molecular complexity index is 1370. The van der Waals surface area contributed by atoms with Gasteiger partial charge in [0.2, 0.25) is 5.91 Å². The van der Waals surface area contributed by atoms with Crippen molar-refractivity contribution in [2.45, 2.75) is 97.4 Å². The van der Waals surface area contributed by atoms with Crippen LogP contribution in [-0.2, 0) is 20.9 Å². The summed E-state index contributed by atoms with van der Waals surface area (Å²) in [5.74, 6) is -0.805. The molecule has 1 aromatic carbocycles. The molecule has 232 valence electrons. The molecule has 1 saturated heterocycles. The summed E-state index contributed by atoms with van der Waals surface area (Å²) in [4.78, 5) is 54.8. The number of ketones is 1. The van der Waals surface area contributed by atoms with Crippen molar-refractivity contribution in [3.8, 4) is 0 Å². The Labute approximate surface area is 253 Å². The van der Waals surface area contributed by atoms with Crippen molar-refractivity contribution in [1.29, 1.82) is 0 Å². The number of hydrogen-bond donors (Lipinski definition) is 3. The Hall–Kier alpha value is -3.04. The van der Waals surface area contributed by atoms with Gasteiger partial charge in [-0.05, 0) is 80.0 Å². The number of fused-ring (bicyclic) bond motifs is 1. The van der Waals surface area contributed by atoms with E-state index in [0.29, 0.717) is 29.7 Å². The Balaban J connectivity index is 1.28. The SMILES string of the molecule is C=C[C@]1(C)C[C@@H](OC(=O)N2Cc3ccc(NC(=O)[C@@H]4CCCN4)cc3C2=O)[C@]2(C)[C@H](C)CC[C@]3(CCC(=O)[C@H]32)[C@@H](C)[C@@H]1O. The smallest absolute Gasteiger partial charge is 0.417 e. The van der Waals surface area contributed by atoms with Gasteiger partial charge in [-0.15, -0.1) is 6.58 Å². The van der Waals surface area contributed by atoms with Gasteiger partial charge in [0.25, 0.3) is 5.91 Å². The van der Waals surface area contributed by atoms with Crippen LogP contribution in [-0.4, -0.2) is 58.5 Å². The van der Waals surface area contributed by atoms with E-state index in [1.165, 1.54) is 0 Å². The van der Waals surface area contributed by atoms with Gasteiger partial charge in [-0.2, -0.15) is 0 Å². The highest BCUT2D eigenvalue weighted by Gasteiger charge is 2.68. The number of rotatable bonds is 4. The van der Waals surface area contributed by atoms with E-state index in [0.717, 1.165) is 43.5 Å². The van der Waals surface area contributed by atoms with E-state index in [1.807, 2.05) is 6.92 Å². The molecular weight excluding hydrogens is 546 g/mol. The van der Waals surface area contributed by atoms with E-state index in [4.69, 9.17) is 4.74 Å². The van der Waals surface area contributed by atoms with Crippen molar-refractivity contribution >= 4 is 29.4 Å². The molecule has 0 aromatic heterocycles. The predicted molar refractivity (Wildman–Crippen MR) is 161 cm³/mol. The Morgan fingerprint density at radius 1 is 1.19 bits per heavy atom. The van der Waals surface area contributed by atoms with Crippen LogP contribution in [0.2, 0.25) is 0 Å². The van der Waals surface area contributed by atoms with Crippen LogP contribution in [0.5, 0.6) is 0 Å². The maximum atomic E-state index is 13.9. The van der Waals surface area contributed by atoms with Crippen molar-refractivity contribution in [3.63, 3.8) is 0 Å². The van der Waals surface area contributed by atoms with Crippen molar-refractivity contribution in [3.05, 3.63) is 42.0 Å². The van der Waals surface area contributed by atoms with Crippen LogP contribution in [0, 0.1) is 34.0 Å². The molecule has 9 heteroatoms. The molecule has 4 fully saturated rings. The number of nitrogens with zero attached hydrogens (tertiary/aromatic N) is 1. The number of aliphatic hydroxyl groups is 1. The average molecular weight is 592 g/mol. The maximum Gasteiger partial charge on any atom is 0.417 e. The number of aliphatic hydroxyl groups excluding tert-OH is 1. The molecule has 43 heavy (non-hydrogen) atoms. The van der Waals surface area contributed by atoms with Crippen molar-refractivity contribution in [2.24, 2.45) is 34.0 Å². The van der Waals surface area contributed by atoms with E-state index in [1.54, 1.807) is 24.3 Å². The minimum absolute atomic E-state index is 0.0646. The minimum Gasteiger partial charge on any atom is -0.445 e. The molecule has 5 aliphatic rings. The lowest BCUT2D eigenvalue weighted by molar-refractivity contribution is -0.192. The summed E-state index contributed by atoms with van der Waals surface area (Å²) in [5, 5.41) is 17.8. The van der Waals surface area contributed by atoms with Crippen LogP contribution in [0.15, 0.2) is 30.9 Å². The van der Waals surface area contributed by atoms with E-state index >= 15 is 0 Å². The Kier molecular flexibility index (Phi) is 7.36. The fourth-order valence-corrected chi connectivity index (χ4v) is 9.35. The minimum atomic E-state index is -0.761. The van der Waals surface area contributed by atoms with Crippen LogP contribution >= 0.6 is 0 Å². The number of Topliss-reactive ketones (excluding diaryl/α,β-unsaturated/α-hetero) is 1. The lowest BCUT2D eigenvalue weighted by Crippen LogP contribution is -2.63. The van der Waals surface area contributed by atoms with Gasteiger partial charge >= 0.3 is 6.09 Å². The van der Waals surface area contributed by atoms with Gasteiger partial charge in [0.1, 0.15) is 11.9 Å². The first-order valence-electron chi connectivity index (χ1n) is 15.9. The summed E-state index contributed by atoms with van der Waals surface area (Å²) >= 11 is 0. The molecule has 0 radical (unpaired) electrons. The zero-order valence-electron chi connectivity index (χ0n) is 25.8. The van der Waals surface area contributed by atoms with Crippen molar-refractivity contribution < 1.29 is 29.0 Å². The molecule has 9 nitrogen and oxygen atoms in total. The molecule has 6 rings (SSSR count). The van der Waals surface area contributed by atoms with E-state index in [9.17, 15) is 24.3 Å². The number of nitrogens with one attached hydrogen (secondary N) is 2. The highest BCUT2D eigenvalue weighted by atomic mass is 16.6. The summed E-state index contributed by atoms with van der Waals surface area (Å²) in [7, 11) is 0. The largest absolute Gasteiger partial charge is 0.445 e. The fourth-order valence-electron chi connectivity index (χ4n) is 9.35. The standard InChI is InChI=1S/C34H45N3O6/c1-6-32(4)17-26(33(5)19(2)11-13-34(20(3)28(32)39)14-12-25(38)27(33)34)43-31(42)37-18-21-9-10-22(16-23(21)30(37)41)36-29(40)24-8-7-15-35-24/h6,9-10,16,19-20,24,26-28,35,39H,1,7-8,11-15,17-18H2,2-5H3,(H,36,40)/t19-,20+,24+,26-,27+,28+,32-,33+,34+/m1/s1. The van der Waals surface area contributed by atoms with Crippen LogP contribution in [0.4, 0.5) is 10.5 Å². The molecule has 2 bridgehead atoms. The molecule has 0 unspecified atom stereocenters. The van der Waals surface area contributed by atoms with Gasteiger partial charge in [0.05, 0.1) is 18.7 Å². The van der Waals surface area contributed by atoms with Gasteiger partial charge < -0.3 is 20.5 Å². The van der Waals surface area contributed by atoms with Crippen molar-refractivity contribution in [1.82, 2.24) is 10.2 Å². The molecule has 3 amide bonds. The second kappa shape index (κ2) is 10.5. The predicted octanol–water partition coefficient (Wildman–Crippen LogP) is 4.83. The van der Waals surface area contributed by atoms with E-state index in [-0.39, 0.29) is 47.4 Å². The second-order valence-electron chi connectivity index (χ2n) is 14.4. The first-order valence-corrected chi connectivity index (χ1v) is 15.9. The zero-order chi connectivity index (χ0) is 30.9. The number of anilines is 1. The molecule has 9 atom stereocenters. The zero-order valence-corrected chi connectivity index (χ0v) is 25.8. The molecule has 3 saturated carbocycles. The second-order valence-corrected chi connectivity index (χ2v) is 14.4. The van der Waals surface area contributed by atoms with Gasteiger partial charge in [0.15, 0.2) is 0 Å². The van der Waals surface area contributed by atoms with Crippen LogP contribution < -0.4 is 10.6 Å². The molecule has 3 aliphatic carbocycles. The maximum absolute atomic E-state index is 13.9. The fraction of sp³-hybridized carbons (Fsp3) is 0.647. The number of hydrogen-bond acceptors (Lipinski definition) is 7. The summed E-state index contributed by atoms with van der Waals surface area (Å²) in [6.07, 6.45) is 4.45. The third kappa shape index (κ3) is 4.48. The summed E-state index contributed by atoms with van der Waals surface area (Å²) in [5.41, 5.74) is -0.256. The van der Waals surface area contributed by atoms with Gasteiger partial charge in [-0.1, -0.05) is 39.8 Å². The molecular formula is C34H45N3O6. The van der Waals surface area contributed by atoms with Crippen molar-refractivity contribution in [2.75, 3.05) is 11.9 Å². The summed E-state index contributed by atoms with van der Waals surface area (Å²) in [6, 6.07) is 4.87. The third-order valence-electron chi connectivity index (χ3n) is 12.3. The van der Waals surface area contributed by atoms with Crippen LogP contribution in [0.1, 0.15) is 88.6 Å². The number of benzene rings is 1. The molecule has 1 aromatic rings. The topological polar surface area (TPSA) is 125 Å². The van der Waals surface area contributed by atoms with E-state index < -0.39 is 35.0 Å². The van der Waals surface area contributed by atoms with Gasteiger partial charge in [-0.3, -0.25) is 14.4 Å². The molecule has 2 aliphatic heterocycles. The first kappa shape index (κ1) is 30.0. The Morgan fingerprint density at radius 3 is 2.65 bits per heavy atom. The number of imide groups is 1. The number of amides is 3. The van der Waals surface area contributed by atoms with Crippen LogP contribution in [0.3, 0.4) is 0 Å². The summed E-state index contributed by atoms with van der Waals surface area (Å²) in [6.45, 7) is 13.2. The lowest BCUT2D eigenvalue weighted by Gasteiger charge is -2.61. The third-order valence-corrected chi connectivity index (χ3v) is 12.3. The molecule has 2 heterocycles.